The van der Waals surface area contributed by atoms with Gasteiger partial charge in [-0.1, -0.05) is 28.1 Å². The summed E-state index contributed by atoms with van der Waals surface area (Å²) in [6, 6.07) is 7.46. The molecule has 0 amide bonds. The fourth-order valence-electron chi connectivity index (χ4n) is 2.08. The van der Waals surface area contributed by atoms with Crippen molar-refractivity contribution < 1.29 is 9.53 Å². The summed E-state index contributed by atoms with van der Waals surface area (Å²) in [4.78, 5) is 12.2. The third-order valence-electron chi connectivity index (χ3n) is 2.97. The van der Waals surface area contributed by atoms with Gasteiger partial charge in [0.15, 0.2) is 5.11 Å². The molecule has 1 aromatic rings. The highest BCUT2D eigenvalue weighted by Crippen LogP contribution is 2.28. The highest BCUT2D eigenvalue weighted by molar-refractivity contribution is 9.10. The Morgan fingerprint density at radius 3 is 2.65 bits per heavy atom. The minimum absolute atomic E-state index is 0.295. The number of hydrogen-bond acceptors (Lipinski definition) is 3. The zero-order valence-corrected chi connectivity index (χ0v) is 13.6. The smallest absolute Gasteiger partial charge is 0.338 e. The first-order valence-electron chi connectivity index (χ1n) is 6.23. The first-order chi connectivity index (χ1) is 9.52. The largest absolute Gasteiger partial charge is 0.463 e. The SMILES string of the molecule is CCOC(=O)C1=C(C)NC(=S)N[C@H]1c1ccc(Br)cc1. The van der Waals surface area contributed by atoms with Crippen LogP contribution in [-0.4, -0.2) is 17.7 Å². The summed E-state index contributed by atoms with van der Waals surface area (Å²) in [7, 11) is 0. The van der Waals surface area contributed by atoms with E-state index in [4.69, 9.17) is 17.0 Å². The third kappa shape index (κ3) is 3.19. The van der Waals surface area contributed by atoms with E-state index >= 15 is 0 Å². The van der Waals surface area contributed by atoms with Gasteiger partial charge in [0.05, 0.1) is 18.2 Å². The van der Waals surface area contributed by atoms with E-state index in [2.05, 4.69) is 26.6 Å². The molecule has 0 radical (unpaired) electrons. The van der Waals surface area contributed by atoms with Crippen LogP contribution >= 0.6 is 28.1 Å². The molecule has 0 unspecified atom stereocenters. The quantitative estimate of drug-likeness (QED) is 0.645. The Labute approximate surface area is 131 Å². The molecule has 2 rings (SSSR count). The van der Waals surface area contributed by atoms with E-state index in [1.54, 1.807) is 6.92 Å². The molecule has 0 bridgehead atoms. The van der Waals surface area contributed by atoms with Crippen LogP contribution in [0.3, 0.4) is 0 Å². The van der Waals surface area contributed by atoms with Gasteiger partial charge < -0.3 is 15.4 Å². The summed E-state index contributed by atoms with van der Waals surface area (Å²) in [6.07, 6.45) is 0. The van der Waals surface area contributed by atoms with E-state index in [-0.39, 0.29) is 12.0 Å². The molecule has 1 heterocycles. The number of allylic oxidation sites excluding steroid dienone is 1. The summed E-state index contributed by atoms with van der Waals surface area (Å²) >= 11 is 8.57. The molecule has 1 atom stereocenters. The molecule has 1 aliphatic rings. The Morgan fingerprint density at radius 2 is 2.05 bits per heavy atom. The highest BCUT2D eigenvalue weighted by Gasteiger charge is 2.30. The first kappa shape index (κ1) is 15.0. The number of ether oxygens (including phenoxy) is 1. The number of halogens is 1. The molecule has 4 nitrogen and oxygen atoms in total. The van der Waals surface area contributed by atoms with E-state index < -0.39 is 0 Å². The molecule has 0 fully saturated rings. The lowest BCUT2D eigenvalue weighted by Crippen LogP contribution is -2.45. The number of carbonyl (C=O) groups is 1. The summed E-state index contributed by atoms with van der Waals surface area (Å²) in [5.74, 6) is -0.333. The van der Waals surface area contributed by atoms with Crippen molar-refractivity contribution in [2.24, 2.45) is 0 Å². The van der Waals surface area contributed by atoms with Gasteiger partial charge >= 0.3 is 5.97 Å². The van der Waals surface area contributed by atoms with Crippen molar-refractivity contribution in [3.63, 3.8) is 0 Å². The Balaban J connectivity index is 2.41. The maximum Gasteiger partial charge on any atom is 0.338 e. The van der Waals surface area contributed by atoms with Crippen LogP contribution in [0.25, 0.3) is 0 Å². The number of thiocarbonyl (C=S) groups is 1. The lowest BCUT2D eigenvalue weighted by molar-refractivity contribution is -0.139. The summed E-state index contributed by atoms with van der Waals surface area (Å²) in [5, 5.41) is 6.59. The Bertz CT molecular complexity index is 569. The molecule has 0 aromatic heterocycles. The van der Waals surface area contributed by atoms with Crippen LogP contribution < -0.4 is 10.6 Å². The number of benzene rings is 1. The molecule has 20 heavy (non-hydrogen) atoms. The van der Waals surface area contributed by atoms with Crippen molar-refractivity contribution >= 4 is 39.2 Å². The molecule has 106 valence electrons. The van der Waals surface area contributed by atoms with Crippen LogP contribution in [0.15, 0.2) is 40.0 Å². The van der Waals surface area contributed by atoms with Gasteiger partial charge in [0, 0.05) is 10.2 Å². The highest BCUT2D eigenvalue weighted by atomic mass is 79.9. The minimum Gasteiger partial charge on any atom is -0.463 e. The molecule has 0 spiro atoms. The zero-order valence-electron chi connectivity index (χ0n) is 11.2. The van der Waals surface area contributed by atoms with Gasteiger partial charge in [0.2, 0.25) is 0 Å². The van der Waals surface area contributed by atoms with Crippen molar-refractivity contribution in [2.75, 3.05) is 6.61 Å². The van der Waals surface area contributed by atoms with E-state index in [0.717, 1.165) is 15.7 Å². The van der Waals surface area contributed by atoms with Crippen LogP contribution in [-0.2, 0) is 9.53 Å². The number of carbonyl (C=O) groups excluding carboxylic acids is 1. The molecule has 0 saturated heterocycles. The molecular formula is C14H15BrN2O2S. The first-order valence-corrected chi connectivity index (χ1v) is 7.44. The van der Waals surface area contributed by atoms with Gasteiger partial charge in [-0.3, -0.25) is 0 Å². The Morgan fingerprint density at radius 1 is 1.40 bits per heavy atom. The second-order valence-corrected chi connectivity index (χ2v) is 5.67. The molecule has 2 N–H and O–H groups in total. The molecule has 1 aliphatic heterocycles. The van der Waals surface area contributed by atoms with Crippen LogP contribution in [0, 0.1) is 0 Å². The normalized spacial score (nSPS) is 18.4. The lowest BCUT2D eigenvalue weighted by atomic mass is 9.96. The van der Waals surface area contributed by atoms with Crippen molar-refractivity contribution in [3.8, 4) is 0 Å². The predicted molar refractivity (Wildman–Crippen MR) is 85.1 cm³/mol. The number of esters is 1. The minimum atomic E-state index is -0.333. The molecule has 6 heteroatoms. The number of hydrogen-bond donors (Lipinski definition) is 2. The third-order valence-corrected chi connectivity index (χ3v) is 3.72. The van der Waals surface area contributed by atoms with Gasteiger partial charge in [-0.15, -0.1) is 0 Å². The van der Waals surface area contributed by atoms with E-state index in [1.807, 2.05) is 31.2 Å². The van der Waals surface area contributed by atoms with Gasteiger partial charge in [0.25, 0.3) is 0 Å². The molecule has 0 aliphatic carbocycles. The van der Waals surface area contributed by atoms with Gasteiger partial charge in [0.1, 0.15) is 0 Å². The Kier molecular flexibility index (Phi) is 4.77. The standard InChI is InChI=1S/C14H15BrN2O2S/c1-3-19-13(18)11-8(2)16-14(20)17-12(11)9-4-6-10(15)7-5-9/h4-7,12H,3H2,1-2H3,(H2,16,17,20)/t12-/m0/s1. The second-order valence-electron chi connectivity index (χ2n) is 4.34. The monoisotopic (exact) mass is 354 g/mol. The van der Waals surface area contributed by atoms with E-state index in [0.29, 0.717) is 17.3 Å². The number of rotatable bonds is 3. The van der Waals surface area contributed by atoms with Gasteiger partial charge in [-0.2, -0.15) is 0 Å². The topological polar surface area (TPSA) is 50.4 Å². The van der Waals surface area contributed by atoms with Crippen molar-refractivity contribution in [3.05, 3.63) is 45.6 Å². The van der Waals surface area contributed by atoms with E-state index in [1.165, 1.54) is 0 Å². The van der Waals surface area contributed by atoms with Crippen LogP contribution in [0.4, 0.5) is 0 Å². The van der Waals surface area contributed by atoms with Gasteiger partial charge in [-0.25, -0.2) is 4.79 Å². The second kappa shape index (κ2) is 6.37. The summed E-state index contributed by atoms with van der Waals surface area (Å²) in [6.45, 7) is 3.95. The van der Waals surface area contributed by atoms with Crippen LogP contribution in [0.5, 0.6) is 0 Å². The molecular weight excluding hydrogens is 340 g/mol. The number of nitrogens with one attached hydrogen (secondary N) is 2. The van der Waals surface area contributed by atoms with Crippen molar-refractivity contribution in [2.45, 2.75) is 19.9 Å². The predicted octanol–water partition coefficient (Wildman–Crippen LogP) is 2.81. The van der Waals surface area contributed by atoms with E-state index in [9.17, 15) is 4.79 Å². The maximum atomic E-state index is 12.2. The Hall–Kier alpha value is -1.40. The fourth-order valence-corrected chi connectivity index (χ4v) is 2.61. The zero-order chi connectivity index (χ0) is 14.7. The van der Waals surface area contributed by atoms with Crippen molar-refractivity contribution in [1.29, 1.82) is 0 Å². The summed E-state index contributed by atoms with van der Waals surface area (Å²) in [5.41, 5.74) is 2.24. The summed E-state index contributed by atoms with van der Waals surface area (Å²) < 4.78 is 6.12. The molecule has 1 aromatic carbocycles. The van der Waals surface area contributed by atoms with Crippen LogP contribution in [0.1, 0.15) is 25.5 Å². The fraction of sp³-hybridized carbons (Fsp3) is 0.286. The van der Waals surface area contributed by atoms with Crippen molar-refractivity contribution in [1.82, 2.24) is 10.6 Å². The average Bonchev–Trinajstić information content (AvgIpc) is 2.38. The average molecular weight is 355 g/mol. The lowest BCUT2D eigenvalue weighted by Gasteiger charge is -2.29. The van der Waals surface area contributed by atoms with Gasteiger partial charge in [-0.05, 0) is 43.8 Å². The van der Waals surface area contributed by atoms with Crippen LogP contribution in [0.2, 0.25) is 0 Å². The molecule has 0 saturated carbocycles. The maximum absolute atomic E-state index is 12.2.